The van der Waals surface area contributed by atoms with Crippen molar-refractivity contribution in [3.05, 3.63) is 17.0 Å². The summed E-state index contributed by atoms with van der Waals surface area (Å²) < 4.78 is 0. The van der Waals surface area contributed by atoms with Gasteiger partial charge in [0.15, 0.2) is 5.06 Å². The molecule has 50 valence electrons. The molecule has 0 saturated carbocycles. The lowest BCUT2D eigenvalue weighted by Gasteiger charge is -2.00. The van der Waals surface area contributed by atoms with Gasteiger partial charge in [0.05, 0.1) is 0 Å². The highest BCUT2D eigenvalue weighted by Crippen LogP contribution is 2.27. The molecule has 3 heteroatoms. The van der Waals surface area contributed by atoms with E-state index in [9.17, 15) is 0 Å². The van der Waals surface area contributed by atoms with Gasteiger partial charge in [-0.1, -0.05) is 0 Å². The van der Waals surface area contributed by atoms with Crippen molar-refractivity contribution in [1.29, 1.82) is 0 Å². The van der Waals surface area contributed by atoms with Gasteiger partial charge in [0.25, 0.3) is 0 Å². The maximum Gasteiger partial charge on any atom is 0.175 e. The fraction of sp³-hybridized carbons (Fsp3) is 0.333. The number of rotatable bonds is 1. The molecule has 1 aromatic heterocycles. The quantitative estimate of drug-likeness (QED) is 0.625. The number of nitrogens with two attached hydrogens (primary N) is 1. The number of hydrogen-bond donors (Lipinski definition) is 2. The van der Waals surface area contributed by atoms with Gasteiger partial charge in [0.2, 0.25) is 0 Å². The van der Waals surface area contributed by atoms with Crippen LogP contribution in [0.2, 0.25) is 0 Å². The minimum atomic E-state index is -0.0590. The standard InChI is InChI=1S/C6H9NOS/c1-4(7)5-2-3-9-6(5)8/h2-4,8H,7H2,1H3. The minimum Gasteiger partial charge on any atom is -0.499 e. The van der Waals surface area contributed by atoms with E-state index in [1.54, 1.807) is 0 Å². The zero-order valence-electron chi connectivity index (χ0n) is 5.16. The average molecular weight is 143 g/mol. The maximum absolute atomic E-state index is 9.06. The Balaban J connectivity index is 2.94. The van der Waals surface area contributed by atoms with Crippen molar-refractivity contribution in [3.8, 4) is 5.06 Å². The second-order valence-electron chi connectivity index (χ2n) is 1.97. The minimum absolute atomic E-state index is 0.0590. The predicted octanol–water partition coefficient (Wildman–Crippen LogP) is 1.47. The van der Waals surface area contributed by atoms with Gasteiger partial charge in [-0.2, -0.15) is 0 Å². The van der Waals surface area contributed by atoms with Gasteiger partial charge in [-0.3, -0.25) is 0 Å². The third-order valence-electron chi connectivity index (χ3n) is 1.16. The van der Waals surface area contributed by atoms with Crippen LogP contribution in [0.5, 0.6) is 5.06 Å². The molecule has 0 radical (unpaired) electrons. The first kappa shape index (κ1) is 6.58. The van der Waals surface area contributed by atoms with Crippen LogP contribution in [-0.4, -0.2) is 5.11 Å². The van der Waals surface area contributed by atoms with Crippen LogP contribution in [0.4, 0.5) is 0 Å². The number of thiophene rings is 1. The topological polar surface area (TPSA) is 46.2 Å². The summed E-state index contributed by atoms with van der Waals surface area (Å²) in [4.78, 5) is 0. The first-order valence-electron chi connectivity index (χ1n) is 2.73. The molecule has 0 saturated heterocycles. The van der Waals surface area contributed by atoms with E-state index in [2.05, 4.69) is 0 Å². The molecule has 1 aromatic rings. The van der Waals surface area contributed by atoms with Gasteiger partial charge < -0.3 is 10.8 Å². The smallest absolute Gasteiger partial charge is 0.175 e. The summed E-state index contributed by atoms with van der Waals surface area (Å²) in [5.74, 6) is 0. The van der Waals surface area contributed by atoms with Crippen LogP contribution in [0.1, 0.15) is 18.5 Å². The van der Waals surface area contributed by atoms with E-state index in [0.29, 0.717) is 5.06 Å². The molecule has 0 aliphatic heterocycles. The van der Waals surface area contributed by atoms with E-state index >= 15 is 0 Å². The molecule has 1 heterocycles. The SMILES string of the molecule is CC(N)c1ccsc1O. The summed E-state index contributed by atoms with van der Waals surface area (Å²) in [6.07, 6.45) is 0. The lowest BCUT2D eigenvalue weighted by molar-refractivity contribution is 0.480. The van der Waals surface area contributed by atoms with Crippen molar-refractivity contribution in [3.63, 3.8) is 0 Å². The first-order valence-corrected chi connectivity index (χ1v) is 3.61. The fourth-order valence-electron chi connectivity index (χ4n) is 0.658. The van der Waals surface area contributed by atoms with Gasteiger partial charge in [-0.05, 0) is 18.4 Å². The van der Waals surface area contributed by atoms with E-state index in [1.807, 2.05) is 18.4 Å². The lowest BCUT2D eigenvalue weighted by Crippen LogP contribution is -2.02. The van der Waals surface area contributed by atoms with Gasteiger partial charge in [0, 0.05) is 11.6 Å². The molecule has 1 rings (SSSR count). The van der Waals surface area contributed by atoms with E-state index in [4.69, 9.17) is 10.8 Å². The van der Waals surface area contributed by atoms with Gasteiger partial charge >= 0.3 is 0 Å². The molecule has 0 amide bonds. The van der Waals surface area contributed by atoms with Crippen molar-refractivity contribution in [2.24, 2.45) is 5.73 Å². The second kappa shape index (κ2) is 2.37. The van der Waals surface area contributed by atoms with Gasteiger partial charge in [-0.25, -0.2) is 0 Å². The van der Waals surface area contributed by atoms with E-state index in [-0.39, 0.29) is 6.04 Å². The molecular formula is C6H9NOS. The van der Waals surface area contributed by atoms with Crippen molar-refractivity contribution in [2.45, 2.75) is 13.0 Å². The summed E-state index contributed by atoms with van der Waals surface area (Å²) in [5, 5.41) is 11.2. The molecule has 0 spiro atoms. The average Bonchev–Trinajstić information content (AvgIpc) is 2.13. The molecule has 0 aliphatic rings. The molecule has 0 fully saturated rings. The normalized spacial score (nSPS) is 13.6. The summed E-state index contributed by atoms with van der Waals surface area (Å²) >= 11 is 1.31. The van der Waals surface area contributed by atoms with Gasteiger partial charge in [0.1, 0.15) is 0 Å². The van der Waals surface area contributed by atoms with Crippen LogP contribution in [0.3, 0.4) is 0 Å². The molecule has 0 aromatic carbocycles. The molecule has 3 N–H and O–H groups in total. The summed E-state index contributed by atoms with van der Waals surface area (Å²) in [6, 6.07) is 1.78. The molecule has 2 nitrogen and oxygen atoms in total. The number of aromatic hydroxyl groups is 1. The molecule has 1 atom stereocenters. The Morgan fingerprint density at radius 2 is 2.44 bits per heavy atom. The highest BCUT2D eigenvalue weighted by atomic mass is 32.1. The van der Waals surface area contributed by atoms with Crippen LogP contribution >= 0.6 is 11.3 Å². The third-order valence-corrected chi connectivity index (χ3v) is 1.90. The van der Waals surface area contributed by atoms with Crippen molar-refractivity contribution in [2.75, 3.05) is 0 Å². The Morgan fingerprint density at radius 3 is 2.67 bits per heavy atom. The third kappa shape index (κ3) is 1.23. The lowest BCUT2D eigenvalue weighted by atomic mass is 10.2. The Bertz CT molecular complexity index is 195. The molecule has 9 heavy (non-hydrogen) atoms. The van der Waals surface area contributed by atoms with E-state index < -0.39 is 0 Å². The summed E-state index contributed by atoms with van der Waals surface area (Å²) in [5.41, 5.74) is 6.34. The van der Waals surface area contributed by atoms with Crippen molar-refractivity contribution < 1.29 is 5.11 Å². The molecule has 0 aliphatic carbocycles. The van der Waals surface area contributed by atoms with E-state index in [0.717, 1.165) is 5.56 Å². The van der Waals surface area contributed by atoms with Crippen LogP contribution in [0, 0.1) is 0 Å². The Morgan fingerprint density at radius 1 is 1.78 bits per heavy atom. The number of hydrogen-bond acceptors (Lipinski definition) is 3. The zero-order valence-corrected chi connectivity index (χ0v) is 5.98. The Labute approximate surface area is 57.9 Å². The van der Waals surface area contributed by atoms with Crippen LogP contribution in [0.15, 0.2) is 11.4 Å². The van der Waals surface area contributed by atoms with E-state index in [1.165, 1.54) is 11.3 Å². The molecule has 1 unspecified atom stereocenters. The molecule has 0 bridgehead atoms. The Hall–Kier alpha value is -0.540. The predicted molar refractivity (Wildman–Crippen MR) is 38.6 cm³/mol. The van der Waals surface area contributed by atoms with Crippen molar-refractivity contribution >= 4 is 11.3 Å². The van der Waals surface area contributed by atoms with Crippen LogP contribution in [0.25, 0.3) is 0 Å². The highest BCUT2D eigenvalue weighted by molar-refractivity contribution is 7.11. The van der Waals surface area contributed by atoms with Crippen LogP contribution in [-0.2, 0) is 0 Å². The highest BCUT2D eigenvalue weighted by Gasteiger charge is 2.04. The fourth-order valence-corrected chi connectivity index (χ4v) is 1.39. The maximum atomic E-state index is 9.06. The zero-order chi connectivity index (χ0) is 6.85. The Kier molecular flexibility index (Phi) is 1.73. The van der Waals surface area contributed by atoms with Gasteiger partial charge in [-0.15, -0.1) is 11.3 Å². The summed E-state index contributed by atoms with van der Waals surface area (Å²) in [7, 11) is 0. The first-order chi connectivity index (χ1) is 4.22. The van der Waals surface area contributed by atoms with Crippen molar-refractivity contribution in [1.82, 2.24) is 0 Å². The summed E-state index contributed by atoms with van der Waals surface area (Å²) in [6.45, 7) is 1.85. The largest absolute Gasteiger partial charge is 0.499 e. The second-order valence-corrected chi connectivity index (χ2v) is 2.86. The van der Waals surface area contributed by atoms with Crippen LogP contribution < -0.4 is 5.73 Å². The molecular weight excluding hydrogens is 134 g/mol. The monoisotopic (exact) mass is 143 g/mol.